The quantitative estimate of drug-likeness (QED) is 0.863. The van der Waals surface area contributed by atoms with Gasteiger partial charge in [-0.1, -0.05) is 11.6 Å². The lowest BCUT2D eigenvalue weighted by molar-refractivity contribution is -0.137. The molecule has 1 aliphatic heterocycles. The van der Waals surface area contributed by atoms with E-state index in [1.807, 2.05) is 27.7 Å². The Morgan fingerprint density at radius 1 is 1.43 bits per heavy atom. The number of rotatable bonds is 4. The molecule has 8 heteroatoms. The van der Waals surface area contributed by atoms with Crippen LogP contribution in [0.15, 0.2) is 6.20 Å². The van der Waals surface area contributed by atoms with Gasteiger partial charge in [0.2, 0.25) is 0 Å². The minimum absolute atomic E-state index is 0.159. The molecule has 116 valence electrons. The Kier molecular flexibility index (Phi) is 4.12. The molecular weight excluding hydrogens is 294 g/mol. The zero-order chi connectivity index (χ0) is 16.0. The first kappa shape index (κ1) is 16.3. The van der Waals surface area contributed by atoms with E-state index >= 15 is 0 Å². The SMILES string of the molecule is Cn1cc(Cl)c(C(CC(=O)O)B2OC(C)(C)C(C)(C)O2)n1. The first-order valence-corrected chi connectivity index (χ1v) is 7.18. The van der Waals surface area contributed by atoms with Crippen LogP contribution in [0.3, 0.4) is 0 Å². The van der Waals surface area contributed by atoms with Gasteiger partial charge in [0.15, 0.2) is 0 Å². The summed E-state index contributed by atoms with van der Waals surface area (Å²) in [5.41, 5.74) is -0.578. The summed E-state index contributed by atoms with van der Waals surface area (Å²) < 4.78 is 13.5. The van der Waals surface area contributed by atoms with Crippen LogP contribution in [0.4, 0.5) is 0 Å². The highest BCUT2D eigenvalue weighted by Crippen LogP contribution is 2.42. The second kappa shape index (κ2) is 5.30. The van der Waals surface area contributed by atoms with Gasteiger partial charge in [-0.25, -0.2) is 0 Å². The van der Waals surface area contributed by atoms with Crippen LogP contribution >= 0.6 is 11.6 Å². The van der Waals surface area contributed by atoms with Gasteiger partial charge >= 0.3 is 13.1 Å². The minimum atomic E-state index is -0.948. The summed E-state index contributed by atoms with van der Waals surface area (Å²) in [6.45, 7) is 7.69. The number of hydrogen-bond acceptors (Lipinski definition) is 4. The number of halogens is 1. The molecule has 1 atom stereocenters. The molecule has 1 N–H and O–H groups in total. The summed E-state index contributed by atoms with van der Waals surface area (Å²) in [4.78, 5) is 11.2. The fraction of sp³-hybridized carbons (Fsp3) is 0.692. The molecule has 1 aromatic rings. The van der Waals surface area contributed by atoms with E-state index < -0.39 is 30.1 Å². The Balaban J connectivity index is 2.34. The average molecular weight is 315 g/mol. The lowest BCUT2D eigenvalue weighted by Crippen LogP contribution is -2.41. The van der Waals surface area contributed by atoms with Gasteiger partial charge in [-0.15, -0.1) is 0 Å². The molecular formula is C13H20BClN2O4. The van der Waals surface area contributed by atoms with Gasteiger partial charge in [0.25, 0.3) is 0 Å². The number of aromatic nitrogens is 2. The van der Waals surface area contributed by atoms with E-state index in [1.165, 1.54) is 0 Å². The molecule has 0 saturated carbocycles. The molecule has 0 spiro atoms. The molecule has 2 rings (SSSR count). The number of nitrogens with zero attached hydrogens (tertiary/aromatic N) is 2. The highest BCUT2D eigenvalue weighted by atomic mass is 35.5. The van der Waals surface area contributed by atoms with Crippen LogP contribution in [0.5, 0.6) is 0 Å². The molecule has 1 aromatic heterocycles. The van der Waals surface area contributed by atoms with E-state index in [-0.39, 0.29) is 6.42 Å². The third kappa shape index (κ3) is 3.10. The van der Waals surface area contributed by atoms with Crippen molar-refractivity contribution < 1.29 is 19.2 Å². The monoisotopic (exact) mass is 314 g/mol. The van der Waals surface area contributed by atoms with Crippen molar-refractivity contribution in [3.63, 3.8) is 0 Å². The predicted octanol–water partition coefficient (Wildman–Crippen LogP) is 2.26. The Morgan fingerprint density at radius 3 is 2.33 bits per heavy atom. The largest absolute Gasteiger partial charge is 0.481 e. The van der Waals surface area contributed by atoms with Crippen molar-refractivity contribution in [1.82, 2.24) is 9.78 Å². The maximum Gasteiger partial charge on any atom is 0.468 e. The number of carboxylic acid groups (broad SMARTS) is 1. The topological polar surface area (TPSA) is 73.6 Å². The van der Waals surface area contributed by atoms with Gasteiger partial charge < -0.3 is 14.4 Å². The average Bonchev–Trinajstić information content (AvgIpc) is 2.72. The summed E-state index contributed by atoms with van der Waals surface area (Å²) in [7, 11) is 1.04. The van der Waals surface area contributed by atoms with Crippen LogP contribution in [0.25, 0.3) is 0 Å². The molecule has 1 unspecified atom stereocenters. The molecule has 2 heterocycles. The van der Waals surface area contributed by atoms with Crippen LogP contribution in [0, 0.1) is 0 Å². The first-order valence-electron chi connectivity index (χ1n) is 6.80. The second-order valence-electron chi connectivity index (χ2n) is 6.37. The number of hydrogen-bond donors (Lipinski definition) is 1. The van der Waals surface area contributed by atoms with Gasteiger partial charge in [0, 0.05) is 13.2 Å². The van der Waals surface area contributed by atoms with Gasteiger partial charge in [0.05, 0.1) is 34.2 Å². The van der Waals surface area contributed by atoms with E-state index in [2.05, 4.69) is 5.10 Å². The zero-order valence-corrected chi connectivity index (χ0v) is 13.6. The molecule has 0 amide bonds. The number of carbonyl (C=O) groups is 1. The molecule has 0 aromatic carbocycles. The van der Waals surface area contributed by atoms with E-state index in [9.17, 15) is 9.90 Å². The summed E-state index contributed by atoms with van der Waals surface area (Å²) in [6.07, 6.45) is 1.48. The van der Waals surface area contributed by atoms with Crippen LogP contribution in [0.2, 0.25) is 5.02 Å². The molecule has 21 heavy (non-hydrogen) atoms. The van der Waals surface area contributed by atoms with Crippen molar-refractivity contribution in [2.24, 2.45) is 7.05 Å². The highest BCUT2D eigenvalue weighted by Gasteiger charge is 2.55. The summed E-state index contributed by atoms with van der Waals surface area (Å²) in [6, 6.07) is 0. The Hall–Kier alpha value is -1.05. The molecule has 1 saturated heterocycles. The zero-order valence-electron chi connectivity index (χ0n) is 12.9. The Labute approximate surface area is 129 Å². The van der Waals surface area contributed by atoms with E-state index in [4.69, 9.17) is 20.9 Å². The van der Waals surface area contributed by atoms with Gasteiger partial charge in [0.1, 0.15) is 0 Å². The van der Waals surface area contributed by atoms with Crippen LogP contribution in [0.1, 0.15) is 45.6 Å². The smallest absolute Gasteiger partial charge is 0.468 e. The molecule has 1 fully saturated rings. The third-order valence-electron chi connectivity index (χ3n) is 4.16. The number of carboxylic acids is 1. The van der Waals surface area contributed by atoms with Crippen molar-refractivity contribution in [1.29, 1.82) is 0 Å². The second-order valence-corrected chi connectivity index (χ2v) is 6.77. The van der Waals surface area contributed by atoms with Crippen molar-refractivity contribution in [3.05, 3.63) is 16.9 Å². The summed E-state index contributed by atoms with van der Waals surface area (Å²) >= 11 is 6.16. The van der Waals surface area contributed by atoms with Crippen LogP contribution < -0.4 is 0 Å². The van der Waals surface area contributed by atoms with E-state index in [0.29, 0.717) is 10.7 Å². The number of aryl methyl sites for hydroxylation is 1. The number of aliphatic carboxylic acids is 1. The first-order chi connectivity index (χ1) is 9.53. The predicted molar refractivity (Wildman–Crippen MR) is 79.3 cm³/mol. The minimum Gasteiger partial charge on any atom is -0.481 e. The maximum absolute atomic E-state index is 11.2. The van der Waals surface area contributed by atoms with Gasteiger partial charge in [-0.05, 0) is 27.7 Å². The molecule has 0 bridgehead atoms. The lowest BCUT2D eigenvalue weighted by Gasteiger charge is -2.32. The molecule has 6 nitrogen and oxygen atoms in total. The summed E-state index contributed by atoms with van der Waals surface area (Å²) in [5, 5.41) is 13.9. The molecule has 1 aliphatic rings. The lowest BCUT2D eigenvalue weighted by atomic mass is 9.68. The standard InChI is InChI=1S/C13H20BClN2O4/c1-12(2)13(3,4)21-14(20-12)8(6-10(18)19)11-9(15)7-17(5)16-11/h7-8H,6H2,1-5H3,(H,18,19). The molecule has 0 aliphatic carbocycles. The molecule has 0 radical (unpaired) electrons. The third-order valence-corrected chi connectivity index (χ3v) is 4.45. The fourth-order valence-corrected chi connectivity index (χ4v) is 2.61. The summed E-state index contributed by atoms with van der Waals surface area (Å²) in [5.74, 6) is -1.51. The highest BCUT2D eigenvalue weighted by molar-refractivity contribution is 6.48. The maximum atomic E-state index is 11.2. The fourth-order valence-electron chi connectivity index (χ4n) is 2.29. The van der Waals surface area contributed by atoms with Crippen molar-refractivity contribution in [3.8, 4) is 0 Å². The van der Waals surface area contributed by atoms with E-state index in [0.717, 1.165) is 0 Å². The Morgan fingerprint density at radius 2 is 1.95 bits per heavy atom. The Bertz CT molecular complexity index is 542. The van der Waals surface area contributed by atoms with Crippen molar-refractivity contribution >= 4 is 24.7 Å². The van der Waals surface area contributed by atoms with Crippen LogP contribution in [-0.4, -0.2) is 39.2 Å². The normalized spacial score (nSPS) is 21.5. The van der Waals surface area contributed by atoms with Gasteiger partial charge in [-0.2, -0.15) is 5.10 Å². The van der Waals surface area contributed by atoms with Gasteiger partial charge in [-0.3, -0.25) is 9.48 Å². The van der Waals surface area contributed by atoms with Crippen molar-refractivity contribution in [2.45, 2.75) is 51.1 Å². The van der Waals surface area contributed by atoms with Crippen LogP contribution in [-0.2, 0) is 21.2 Å². The van der Waals surface area contributed by atoms with Crippen molar-refractivity contribution in [2.75, 3.05) is 0 Å². The van der Waals surface area contributed by atoms with E-state index in [1.54, 1.807) is 17.9 Å².